The third kappa shape index (κ3) is 2.82. The van der Waals surface area contributed by atoms with Crippen LogP contribution >= 0.6 is 0 Å². The first-order chi connectivity index (χ1) is 8.53. The SMILES string of the molecule is CC(CO)S(=O)(=O)NCC1Cc2ccccc2O1. The number of aliphatic hydroxyl groups is 1. The van der Waals surface area contributed by atoms with Crippen LogP contribution in [0.5, 0.6) is 5.75 Å². The fourth-order valence-corrected chi connectivity index (χ4v) is 2.72. The van der Waals surface area contributed by atoms with E-state index in [9.17, 15) is 8.42 Å². The summed E-state index contributed by atoms with van der Waals surface area (Å²) < 4.78 is 31.4. The summed E-state index contributed by atoms with van der Waals surface area (Å²) >= 11 is 0. The van der Waals surface area contributed by atoms with Gasteiger partial charge in [-0.1, -0.05) is 18.2 Å². The van der Waals surface area contributed by atoms with Gasteiger partial charge in [0, 0.05) is 13.0 Å². The highest BCUT2D eigenvalue weighted by Gasteiger charge is 2.26. The molecule has 0 aromatic heterocycles. The van der Waals surface area contributed by atoms with Gasteiger partial charge in [-0.3, -0.25) is 0 Å². The van der Waals surface area contributed by atoms with Crippen LogP contribution in [0.25, 0.3) is 0 Å². The molecule has 0 fully saturated rings. The lowest BCUT2D eigenvalue weighted by Crippen LogP contribution is -2.40. The van der Waals surface area contributed by atoms with Crippen molar-refractivity contribution >= 4 is 10.0 Å². The highest BCUT2D eigenvalue weighted by Crippen LogP contribution is 2.27. The van der Waals surface area contributed by atoms with Gasteiger partial charge < -0.3 is 9.84 Å². The molecule has 1 aliphatic rings. The van der Waals surface area contributed by atoms with Crippen LogP contribution in [0.2, 0.25) is 0 Å². The van der Waals surface area contributed by atoms with Crippen LogP contribution in [-0.2, 0) is 16.4 Å². The second-order valence-electron chi connectivity index (χ2n) is 4.44. The van der Waals surface area contributed by atoms with Gasteiger partial charge in [0.25, 0.3) is 0 Å². The van der Waals surface area contributed by atoms with Crippen molar-refractivity contribution in [2.45, 2.75) is 24.7 Å². The Labute approximate surface area is 107 Å². The Morgan fingerprint density at radius 2 is 2.22 bits per heavy atom. The van der Waals surface area contributed by atoms with Gasteiger partial charge in [-0.2, -0.15) is 0 Å². The van der Waals surface area contributed by atoms with E-state index in [0.717, 1.165) is 11.3 Å². The number of aliphatic hydroxyl groups excluding tert-OH is 1. The summed E-state index contributed by atoms with van der Waals surface area (Å²) in [5.74, 6) is 0.817. The predicted octanol–water partition coefficient (Wildman–Crippen LogP) is 0.290. The van der Waals surface area contributed by atoms with Crippen LogP contribution < -0.4 is 9.46 Å². The van der Waals surface area contributed by atoms with E-state index >= 15 is 0 Å². The Balaban J connectivity index is 1.91. The summed E-state index contributed by atoms with van der Waals surface area (Å²) in [5, 5.41) is 8.05. The molecule has 0 saturated heterocycles. The van der Waals surface area contributed by atoms with Crippen LogP contribution in [0, 0.1) is 0 Å². The second-order valence-corrected chi connectivity index (χ2v) is 6.62. The monoisotopic (exact) mass is 271 g/mol. The van der Waals surface area contributed by atoms with E-state index in [1.54, 1.807) is 0 Å². The van der Waals surface area contributed by atoms with E-state index in [4.69, 9.17) is 9.84 Å². The lowest BCUT2D eigenvalue weighted by molar-refractivity contribution is 0.235. The van der Waals surface area contributed by atoms with Crippen molar-refractivity contribution in [2.24, 2.45) is 0 Å². The van der Waals surface area contributed by atoms with E-state index < -0.39 is 15.3 Å². The highest BCUT2D eigenvalue weighted by molar-refractivity contribution is 7.90. The molecule has 0 saturated carbocycles. The standard InChI is InChI=1S/C12H17NO4S/c1-9(8-14)18(15,16)13-7-11-6-10-4-2-3-5-12(10)17-11/h2-5,9,11,13-14H,6-8H2,1H3. The average Bonchev–Trinajstić information content (AvgIpc) is 2.78. The third-order valence-electron chi connectivity index (χ3n) is 3.01. The van der Waals surface area contributed by atoms with Crippen molar-refractivity contribution in [3.63, 3.8) is 0 Å². The molecule has 100 valence electrons. The Bertz CT molecular complexity index is 490. The first-order valence-electron chi connectivity index (χ1n) is 5.87. The molecule has 0 spiro atoms. The van der Waals surface area contributed by atoms with Crippen LogP contribution in [0.3, 0.4) is 0 Å². The topological polar surface area (TPSA) is 75.6 Å². The third-order valence-corrected chi connectivity index (χ3v) is 4.79. The molecule has 0 amide bonds. The summed E-state index contributed by atoms with van der Waals surface area (Å²) in [6.45, 7) is 1.30. The summed E-state index contributed by atoms with van der Waals surface area (Å²) in [6, 6.07) is 7.67. The Kier molecular flexibility index (Phi) is 3.89. The molecule has 1 heterocycles. The summed E-state index contributed by atoms with van der Waals surface area (Å²) in [6.07, 6.45) is 0.523. The van der Waals surface area contributed by atoms with E-state index in [1.807, 2.05) is 24.3 Å². The Hall–Kier alpha value is -1.11. The number of benzene rings is 1. The molecule has 2 unspecified atom stereocenters. The molecule has 18 heavy (non-hydrogen) atoms. The average molecular weight is 271 g/mol. The minimum Gasteiger partial charge on any atom is -0.488 e. The van der Waals surface area contributed by atoms with Crippen LogP contribution in [0.1, 0.15) is 12.5 Å². The molecule has 2 atom stereocenters. The molecule has 1 aromatic rings. The number of ether oxygens (including phenoxy) is 1. The number of hydrogen-bond donors (Lipinski definition) is 2. The molecule has 0 aliphatic carbocycles. The normalized spacial score (nSPS) is 20.2. The van der Waals surface area contributed by atoms with Gasteiger partial charge in [-0.15, -0.1) is 0 Å². The molecular formula is C12H17NO4S. The summed E-state index contributed by atoms with van der Waals surface area (Å²) in [4.78, 5) is 0. The van der Waals surface area contributed by atoms with Crippen LogP contribution in [0.15, 0.2) is 24.3 Å². The zero-order valence-electron chi connectivity index (χ0n) is 10.2. The van der Waals surface area contributed by atoms with Gasteiger partial charge >= 0.3 is 0 Å². The van der Waals surface area contributed by atoms with Gasteiger partial charge in [0.05, 0.1) is 11.9 Å². The molecule has 2 N–H and O–H groups in total. The van der Waals surface area contributed by atoms with Gasteiger partial charge in [0.1, 0.15) is 11.9 Å². The number of fused-ring (bicyclic) bond motifs is 1. The van der Waals surface area contributed by atoms with Gasteiger partial charge in [0.2, 0.25) is 10.0 Å². The van der Waals surface area contributed by atoms with E-state index in [1.165, 1.54) is 6.92 Å². The van der Waals surface area contributed by atoms with Crippen LogP contribution in [0.4, 0.5) is 0 Å². The molecule has 1 aromatic carbocycles. The maximum Gasteiger partial charge on any atom is 0.216 e. The number of rotatable bonds is 5. The fourth-order valence-electron chi connectivity index (χ4n) is 1.82. The van der Waals surface area contributed by atoms with Gasteiger partial charge in [-0.05, 0) is 18.6 Å². The van der Waals surface area contributed by atoms with Crippen molar-refractivity contribution in [1.29, 1.82) is 0 Å². The summed E-state index contributed by atoms with van der Waals surface area (Å²) in [5.41, 5.74) is 1.09. The maximum absolute atomic E-state index is 11.7. The summed E-state index contributed by atoms with van der Waals surface area (Å²) in [7, 11) is -3.47. The van der Waals surface area contributed by atoms with Crippen molar-refractivity contribution in [2.75, 3.05) is 13.2 Å². The van der Waals surface area contributed by atoms with Gasteiger partial charge in [-0.25, -0.2) is 13.1 Å². The largest absolute Gasteiger partial charge is 0.488 e. The fraction of sp³-hybridized carbons (Fsp3) is 0.500. The van der Waals surface area contributed by atoms with Crippen molar-refractivity contribution in [3.8, 4) is 5.75 Å². The Morgan fingerprint density at radius 3 is 2.89 bits per heavy atom. The second kappa shape index (κ2) is 5.26. The minimum atomic E-state index is -3.47. The molecule has 2 rings (SSSR count). The van der Waals surface area contributed by atoms with Crippen molar-refractivity contribution in [3.05, 3.63) is 29.8 Å². The van der Waals surface area contributed by atoms with Gasteiger partial charge in [0.15, 0.2) is 0 Å². The smallest absolute Gasteiger partial charge is 0.216 e. The van der Waals surface area contributed by atoms with E-state index in [2.05, 4.69) is 4.72 Å². The number of sulfonamides is 1. The lowest BCUT2D eigenvalue weighted by Gasteiger charge is -2.15. The number of nitrogens with one attached hydrogen (secondary N) is 1. The molecule has 1 aliphatic heterocycles. The molecule has 5 nitrogen and oxygen atoms in total. The molecule has 0 radical (unpaired) electrons. The van der Waals surface area contributed by atoms with Crippen LogP contribution in [-0.4, -0.2) is 38.0 Å². The number of para-hydroxylation sites is 1. The zero-order valence-corrected chi connectivity index (χ0v) is 11.0. The van der Waals surface area contributed by atoms with Crippen molar-refractivity contribution in [1.82, 2.24) is 4.72 Å². The van der Waals surface area contributed by atoms with E-state index in [-0.39, 0.29) is 19.3 Å². The Morgan fingerprint density at radius 1 is 1.50 bits per heavy atom. The maximum atomic E-state index is 11.7. The quantitative estimate of drug-likeness (QED) is 0.807. The lowest BCUT2D eigenvalue weighted by atomic mass is 10.1. The minimum absolute atomic E-state index is 0.178. The molecule has 0 bridgehead atoms. The first-order valence-corrected chi connectivity index (χ1v) is 7.41. The first kappa shape index (κ1) is 13.3. The molecule has 6 heteroatoms. The number of hydrogen-bond acceptors (Lipinski definition) is 4. The molecular weight excluding hydrogens is 254 g/mol. The highest BCUT2D eigenvalue weighted by atomic mass is 32.2. The van der Waals surface area contributed by atoms with Crippen molar-refractivity contribution < 1.29 is 18.3 Å². The zero-order chi connectivity index (χ0) is 13.2. The predicted molar refractivity (Wildman–Crippen MR) is 68.0 cm³/mol. The van der Waals surface area contributed by atoms with E-state index in [0.29, 0.717) is 6.42 Å².